The van der Waals surface area contributed by atoms with Crippen molar-refractivity contribution >= 4 is 5.69 Å². The zero-order valence-electron chi connectivity index (χ0n) is 12.8. The molecule has 1 aromatic carbocycles. The van der Waals surface area contributed by atoms with Gasteiger partial charge < -0.3 is 10.2 Å². The first-order valence-corrected chi connectivity index (χ1v) is 7.44. The summed E-state index contributed by atoms with van der Waals surface area (Å²) < 4.78 is 40.2. The summed E-state index contributed by atoms with van der Waals surface area (Å²) in [6.07, 6.45) is -2.30. The molecule has 2 atom stereocenters. The molecule has 5 heteroatoms. The van der Waals surface area contributed by atoms with Crippen LogP contribution in [0.25, 0.3) is 0 Å². The molecule has 0 spiro atoms. The first kappa shape index (κ1) is 16.1. The van der Waals surface area contributed by atoms with Crippen LogP contribution in [-0.4, -0.2) is 19.6 Å². The van der Waals surface area contributed by atoms with Gasteiger partial charge in [-0.25, -0.2) is 0 Å². The third-order valence-corrected chi connectivity index (χ3v) is 4.17. The highest BCUT2D eigenvalue weighted by molar-refractivity contribution is 5.57. The summed E-state index contributed by atoms with van der Waals surface area (Å²) in [5.74, 6) is 0.430. The second kappa shape index (κ2) is 6.26. The first-order chi connectivity index (χ1) is 9.82. The molecular formula is C16H23F3N2. The van der Waals surface area contributed by atoms with Crippen molar-refractivity contribution in [1.82, 2.24) is 5.32 Å². The van der Waals surface area contributed by atoms with Gasteiger partial charge in [0.15, 0.2) is 0 Å². The Balaban J connectivity index is 2.41. The quantitative estimate of drug-likeness (QED) is 0.906. The van der Waals surface area contributed by atoms with Gasteiger partial charge in [-0.1, -0.05) is 13.0 Å². The van der Waals surface area contributed by atoms with Crippen molar-refractivity contribution < 1.29 is 13.2 Å². The molecule has 118 valence electrons. The minimum absolute atomic E-state index is 0.150. The third-order valence-electron chi connectivity index (χ3n) is 4.17. The smallest absolute Gasteiger partial charge is 0.368 e. The standard InChI is InChI=1S/C16H23F3N2/c1-11-4-5-12(2)21(10-11)15-7-6-13(9-20-3)8-14(15)16(17,18)19/h6-8,11-12,20H,4-5,9-10H2,1-3H3. The van der Waals surface area contributed by atoms with E-state index in [1.54, 1.807) is 19.2 Å². The van der Waals surface area contributed by atoms with Crippen LogP contribution in [0.4, 0.5) is 18.9 Å². The van der Waals surface area contributed by atoms with E-state index in [0.717, 1.165) is 12.8 Å². The molecule has 2 unspecified atom stereocenters. The molecule has 0 radical (unpaired) electrons. The van der Waals surface area contributed by atoms with Gasteiger partial charge in [0.1, 0.15) is 0 Å². The van der Waals surface area contributed by atoms with Gasteiger partial charge in [0, 0.05) is 24.8 Å². The highest BCUT2D eigenvalue weighted by Crippen LogP contribution is 2.39. The Kier molecular flexibility index (Phi) is 4.81. The molecule has 2 nitrogen and oxygen atoms in total. The first-order valence-electron chi connectivity index (χ1n) is 7.44. The average Bonchev–Trinajstić information content (AvgIpc) is 2.41. The molecule has 0 aliphatic carbocycles. The van der Waals surface area contributed by atoms with E-state index in [0.29, 0.717) is 30.3 Å². The predicted octanol–water partition coefficient (Wildman–Crippen LogP) is 4.05. The molecule has 1 aromatic rings. The number of hydrogen-bond donors (Lipinski definition) is 1. The number of nitrogens with one attached hydrogen (secondary N) is 1. The van der Waals surface area contributed by atoms with E-state index in [-0.39, 0.29) is 6.04 Å². The average molecular weight is 300 g/mol. The number of anilines is 1. The van der Waals surface area contributed by atoms with Crippen LogP contribution in [0.1, 0.15) is 37.8 Å². The minimum atomic E-state index is -4.32. The van der Waals surface area contributed by atoms with Crippen molar-refractivity contribution in [3.05, 3.63) is 29.3 Å². The van der Waals surface area contributed by atoms with E-state index in [2.05, 4.69) is 12.2 Å². The van der Waals surface area contributed by atoms with Crippen molar-refractivity contribution in [1.29, 1.82) is 0 Å². The van der Waals surface area contributed by atoms with Gasteiger partial charge in [-0.15, -0.1) is 0 Å². The maximum atomic E-state index is 13.4. The van der Waals surface area contributed by atoms with E-state index in [1.807, 2.05) is 11.8 Å². The molecule has 0 bridgehead atoms. The van der Waals surface area contributed by atoms with Crippen molar-refractivity contribution in [2.24, 2.45) is 5.92 Å². The topological polar surface area (TPSA) is 15.3 Å². The monoisotopic (exact) mass is 300 g/mol. The van der Waals surface area contributed by atoms with Crippen molar-refractivity contribution in [2.75, 3.05) is 18.5 Å². The van der Waals surface area contributed by atoms with Crippen LogP contribution < -0.4 is 10.2 Å². The molecule has 0 aromatic heterocycles. The van der Waals surface area contributed by atoms with Crippen LogP contribution in [0, 0.1) is 5.92 Å². The van der Waals surface area contributed by atoms with Crippen molar-refractivity contribution in [3.8, 4) is 0 Å². The maximum Gasteiger partial charge on any atom is 0.418 e. The van der Waals surface area contributed by atoms with E-state index in [4.69, 9.17) is 0 Å². The van der Waals surface area contributed by atoms with Gasteiger partial charge >= 0.3 is 6.18 Å². The number of rotatable bonds is 3. The second-order valence-electron chi connectivity index (χ2n) is 6.06. The van der Waals surface area contributed by atoms with Gasteiger partial charge in [-0.2, -0.15) is 13.2 Å². The zero-order chi connectivity index (χ0) is 15.6. The Morgan fingerprint density at radius 3 is 2.57 bits per heavy atom. The SMILES string of the molecule is CNCc1ccc(N2CC(C)CCC2C)c(C(F)(F)F)c1. The number of benzene rings is 1. The van der Waals surface area contributed by atoms with E-state index < -0.39 is 11.7 Å². The Morgan fingerprint density at radius 2 is 1.95 bits per heavy atom. The molecule has 0 amide bonds. The maximum absolute atomic E-state index is 13.4. The number of nitrogens with zero attached hydrogens (tertiary/aromatic N) is 1. The summed E-state index contributed by atoms with van der Waals surface area (Å²) in [5.41, 5.74) is 0.462. The summed E-state index contributed by atoms with van der Waals surface area (Å²) in [5, 5.41) is 2.90. The summed E-state index contributed by atoms with van der Waals surface area (Å²) in [6, 6.07) is 4.84. The fraction of sp³-hybridized carbons (Fsp3) is 0.625. The number of halogens is 3. The van der Waals surface area contributed by atoms with Gasteiger partial charge in [0.2, 0.25) is 0 Å². The lowest BCUT2D eigenvalue weighted by molar-refractivity contribution is -0.137. The van der Waals surface area contributed by atoms with Gasteiger partial charge in [-0.05, 0) is 50.4 Å². The summed E-state index contributed by atoms with van der Waals surface area (Å²) >= 11 is 0. The molecule has 1 N–H and O–H groups in total. The van der Waals surface area contributed by atoms with E-state index in [1.165, 1.54) is 6.07 Å². The Labute approximate surface area is 124 Å². The molecule has 1 heterocycles. The molecule has 1 saturated heterocycles. The molecule has 0 saturated carbocycles. The lowest BCUT2D eigenvalue weighted by Gasteiger charge is -2.40. The third kappa shape index (κ3) is 3.70. The lowest BCUT2D eigenvalue weighted by atomic mass is 9.93. The Morgan fingerprint density at radius 1 is 1.24 bits per heavy atom. The van der Waals surface area contributed by atoms with Crippen molar-refractivity contribution in [2.45, 2.75) is 45.5 Å². The van der Waals surface area contributed by atoms with Crippen LogP contribution >= 0.6 is 0 Å². The Hall–Kier alpha value is -1.23. The zero-order valence-corrected chi connectivity index (χ0v) is 12.8. The molecular weight excluding hydrogens is 277 g/mol. The van der Waals surface area contributed by atoms with Crippen LogP contribution in [0.5, 0.6) is 0 Å². The molecule has 21 heavy (non-hydrogen) atoms. The number of alkyl halides is 3. The van der Waals surface area contributed by atoms with Crippen molar-refractivity contribution in [3.63, 3.8) is 0 Å². The molecule has 1 fully saturated rings. The van der Waals surface area contributed by atoms with E-state index >= 15 is 0 Å². The molecule has 1 aliphatic rings. The van der Waals surface area contributed by atoms with Gasteiger partial charge in [-0.3, -0.25) is 0 Å². The molecule has 1 aliphatic heterocycles. The van der Waals surface area contributed by atoms with Crippen LogP contribution in [0.2, 0.25) is 0 Å². The second-order valence-corrected chi connectivity index (χ2v) is 6.06. The fourth-order valence-corrected chi connectivity index (χ4v) is 3.00. The summed E-state index contributed by atoms with van der Waals surface area (Å²) in [6.45, 7) is 5.24. The van der Waals surface area contributed by atoms with Crippen LogP contribution in [0.3, 0.4) is 0 Å². The predicted molar refractivity (Wildman–Crippen MR) is 79.4 cm³/mol. The lowest BCUT2D eigenvalue weighted by Crippen LogP contribution is -2.42. The highest BCUT2D eigenvalue weighted by atomic mass is 19.4. The fourth-order valence-electron chi connectivity index (χ4n) is 3.00. The minimum Gasteiger partial charge on any atom is -0.368 e. The number of piperidine rings is 1. The summed E-state index contributed by atoms with van der Waals surface area (Å²) in [7, 11) is 1.73. The van der Waals surface area contributed by atoms with E-state index in [9.17, 15) is 13.2 Å². The largest absolute Gasteiger partial charge is 0.418 e. The van der Waals surface area contributed by atoms with Crippen LogP contribution in [0.15, 0.2) is 18.2 Å². The van der Waals surface area contributed by atoms with Gasteiger partial charge in [0.05, 0.1) is 5.56 Å². The normalized spacial score (nSPS) is 23.4. The number of hydrogen-bond acceptors (Lipinski definition) is 2. The summed E-state index contributed by atoms with van der Waals surface area (Å²) in [4.78, 5) is 1.92. The van der Waals surface area contributed by atoms with Gasteiger partial charge in [0.25, 0.3) is 0 Å². The molecule has 2 rings (SSSR count). The highest BCUT2D eigenvalue weighted by Gasteiger charge is 2.37. The Bertz CT molecular complexity index is 485. The van der Waals surface area contributed by atoms with Crippen LogP contribution in [-0.2, 0) is 12.7 Å².